The first-order chi connectivity index (χ1) is 18.5. The SMILES string of the molecule is COC(=O)c1ccccc1Cn1cc(NC(=O)/C=C/c2ccc(OC)c(COc3ccccc3C)c2)cn1. The Hall–Kier alpha value is -4.85. The molecule has 0 radical (unpaired) electrons. The molecule has 0 saturated heterocycles. The number of hydrogen-bond acceptors (Lipinski definition) is 6. The number of rotatable bonds is 10. The van der Waals surface area contributed by atoms with E-state index in [2.05, 4.69) is 10.4 Å². The fourth-order valence-corrected chi connectivity index (χ4v) is 3.90. The van der Waals surface area contributed by atoms with E-state index >= 15 is 0 Å². The van der Waals surface area contributed by atoms with Gasteiger partial charge in [-0.15, -0.1) is 0 Å². The fraction of sp³-hybridized carbons (Fsp3) is 0.167. The van der Waals surface area contributed by atoms with Crippen LogP contribution < -0.4 is 14.8 Å². The molecule has 0 atom stereocenters. The van der Waals surface area contributed by atoms with Crippen molar-refractivity contribution in [3.8, 4) is 11.5 Å². The Morgan fingerprint density at radius 1 is 0.974 bits per heavy atom. The van der Waals surface area contributed by atoms with Crippen molar-refractivity contribution in [2.75, 3.05) is 19.5 Å². The Bertz CT molecular complexity index is 1460. The van der Waals surface area contributed by atoms with Crippen LogP contribution in [0.2, 0.25) is 0 Å². The number of nitrogens with zero attached hydrogens (tertiary/aromatic N) is 2. The molecule has 1 aromatic heterocycles. The van der Waals surface area contributed by atoms with Crippen LogP contribution in [-0.2, 0) is 22.7 Å². The van der Waals surface area contributed by atoms with Crippen molar-refractivity contribution in [3.05, 3.63) is 113 Å². The van der Waals surface area contributed by atoms with E-state index in [-0.39, 0.29) is 5.91 Å². The summed E-state index contributed by atoms with van der Waals surface area (Å²) < 4.78 is 17.9. The van der Waals surface area contributed by atoms with E-state index in [1.165, 1.54) is 13.2 Å². The number of anilines is 1. The number of methoxy groups -OCH3 is 2. The first-order valence-electron chi connectivity index (χ1n) is 12.0. The largest absolute Gasteiger partial charge is 0.496 e. The second-order valence-electron chi connectivity index (χ2n) is 8.52. The second-order valence-corrected chi connectivity index (χ2v) is 8.52. The zero-order valence-electron chi connectivity index (χ0n) is 21.5. The molecule has 0 fully saturated rings. The van der Waals surface area contributed by atoms with E-state index in [1.54, 1.807) is 42.4 Å². The average Bonchev–Trinajstić information content (AvgIpc) is 3.37. The van der Waals surface area contributed by atoms with Gasteiger partial charge in [0.25, 0.3) is 0 Å². The molecule has 4 aromatic rings. The number of esters is 1. The van der Waals surface area contributed by atoms with Crippen LogP contribution in [0.4, 0.5) is 5.69 Å². The summed E-state index contributed by atoms with van der Waals surface area (Å²) in [6.45, 7) is 2.69. The molecule has 8 nitrogen and oxygen atoms in total. The molecule has 0 saturated carbocycles. The molecule has 0 aliphatic heterocycles. The Morgan fingerprint density at radius 2 is 1.76 bits per heavy atom. The van der Waals surface area contributed by atoms with Crippen molar-refractivity contribution in [3.63, 3.8) is 0 Å². The van der Waals surface area contributed by atoms with Gasteiger partial charge in [-0.3, -0.25) is 9.48 Å². The van der Waals surface area contributed by atoms with Gasteiger partial charge in [0.2, 0.25) is 5.91 Å². The highest BCUT2D eigenvalue weighted by atomic mass is 16.5. The van der Waals surface area contributed by atoms with E-state index in [0.717, 1.165) is 28.0 Å². The molecule has 1 N–H and O–H groups in total. The van der Waals surface area contributed by atoms with Gasteiger partial charge in [-0.25, -0.2) is 4.79 Å². The molecule has 194 valence electrons. The van der Waals surface area contributed by atoms with E-state index in [9.17, 15) is 9.59 Å². The lowest BCUT2D eigenvalue weighted by molar-refractivity contribution is -0.111. The summed E-state index contributed by atoms with van der Waals surface area (Å²) in [6.07, 6.45) is 6.44. The van der Waals surface area contributed by atoms with Crippen molar-refractivity contribution >= 4 is 23.6 Å². The first-order valence-corrected chi connectivity index (χ1v) is 12.0. The highest BCUT2D eigenvalue weighted by Gasteiger charge is 2.12. The Balaban J connectivity index is 1.39. The Morgan fingerprint density at radius 3 is 2.55 bits per heavy atom. The van der Waals surface area contributed by atoms with Gasteiger partial charge >= 0.3 is 5.97 Å². The van der Waals surface area contributed by atoms with Crippen LogP contribution in [0.15, 0.2) is 85.2 Å². The van der Waals surface area contributed by atoms with Gasteiger partial charge in [0.15, 0.2) is 0 Å². The summed E-state index contributed by atoms with van der Waals surface area (Å²) in [7, 11) is 2.96. The molecule has 4 rings (SSSR count). The maximum absolute atomic E-state index is 12.5. The van der Waals surface area contributed by atoms with E-state index < -0.39 is 5.97 Å². The van der Waals surface area contributed by atoms with Gasteiger partial charge in [0, 0.05) is 17.8 Å². The minimum Gasteiger partial charge on any atom is -0.496 e. The molecule has 1 amide bonds. The van der Waals surface area contributed by atoms with Crippen LogP contribution in [0.1, 0.15) is 32.6 Å². The van der Waals surface area contributed by atoms with Crippen molar-refractivity contribution in [1.82, 2.24) is 9.78 Å². The van der Waals surface area contributed by atoms with Gasteiger partial charge in [-0.2, -0.15) is 5.10 Å². The van der Waals surface area contributed by atoms with Gasteiger partial charge in [0.05, 0.1) is 38.2 Å². The standard InChI is InChI=1S/C30H29N3O5/c1-21-8-4-7-11-27(21)38-20-24-16-22(12-14-28(24)36-2)13-15-29(34)32-25-17-31-33(19-25)18-23-9-5-6-10-26(23)30(35)37-3/h4-17,19H,18,20H2,1-3H3,(H,32,34)/b15-13+. The van der Waals surface area contributed by atoms with E-state index in [1.807, 2.05) is 61.5 Å². The van der Waals surface area contributed by atoms with Crippen LogP contribution in [0.5, 0.6) is 11.5 Å². The molecule has 0 spiro atoms. The number of nitrogens with one attached hydrogen (secondary N) is 1. The summed E-state index contributed by atoms with van der Waals surface area (Å²) >= 11 is 0. The Kier molecular flexibility index (Phi) is 8.56. The van der Waals surface area contributed by atoms with Crippen LogP contribution in [0.25, 0.3) is 6.08 Å². The highest BCUT2D eigenvalue weighted by Crippen LogP contribution is 2.24. The van der Waals surface area contributed by atoms with Crippen LogP contribution in [0.3, 0.4) is 0 Å². The van der Waals surface area contributed by atoms with Gasteiger partial charge in [0.1, 0.15) is 18.1 Å². The summed E-state index contributed by atoms with van der Waals surface area (Å²) in [4.78, 5) is 24.6. The predicted molar refractivity (Wildman–Crippen MR) is 145 cm³/mol. The summed E-state index contributed by atoms with van der Waals surface area (Å²) in [5, 5.41) is 7.10. The minimum absolute atomic E-state index is 0.298. The lowest BCUT2D eigenvalue weighted by Crippen LogP contribution is -2.09. The van der Waals surface area contributed by atoms with Crippen molar-refractivity contribution in [2.45, 2.75) is 20.1 Å². The van der Waals surface area contributed by atoms with E-state index in [0.29, 0.717) is 30.2 Å². The lowest BCUT2D eigenvalue weighted by atomic mass is 10.1. The number of carbonyl (C=O) groups is 2. The minimum atomic E-state index is -0.408. The van der Waals surface area contributed by atoms with Crippen LogP contribution in [0, 0.1) is 6.92 Å². The second kappa shape index (κ2) is 12.4. The lowest BCUT2D eigenvalue weighted by Gasteiger charge is -2.12. The van der Waals surface area contributed by atoms with Gasteiger partial charge < -0.3 is 19.5 Å². The normalized spacial score (nSPS) is 10.8. The number of para-hydroxylation sites is 1. The topological polar surface area (TPSA) is 91.7 Å². The summed E-state index contributed by atoms with van der Waals surface area (Å²) in [5.41, 5.74) is 4.53. The molecule has 0 unspecified atom stereocenters. The molecule has 0 aliphatic rings. The third-order valence-electron chi connectivity index (χ3n) is 5.86. The molecular weight excluding hydrogens is 482 g/mol. The van der Waals surface area contributed by atoms with E-state index in [4.69, 9.17) is 14.2 Å². The predicted octanol–water partition coefficient (Wildman–Crippen LogP) is 5.27. The monoisotopic (exact) mass is 511 g/mol. The number of hydrogen-bond donors (Lipinski definition) is 1. The van der Waals surface area contributed by atoms with Crippen LogP contribution in [-0.4, -0.2) is 35.9 Å². The molecule has 38 heavy (non-hydrogen) atoms. The van der Waals surface area contributed by atoms with Crippen molar-refractivity contribution < 1.29 is 23.8 Å². The van der Waals surface area contributed by atoms with Gasteiger partial charge in [-0.05, 0) is 54.0 Å². The number of ether oxygens (including phenoxy) is 3. The number of aromatic nitrogens is 2. The maximum Gasteiger partial charge on any atom is 0.338 e. The zero-order chi connectivity index (χ0) is 26.9. The number of amides is 1. The number of carbonyl (C=O) groups excluding carboxylic acids is 2. The zero-order valence-corrected chi connectivity index (χ0v) is 21.5. The summed E-state index contributed by atoms with van der Waals surface area (Å²) in [5.74, 6) is 0.813. The molecule has 0 aliphatic carbocycles. The maximum atomic E-state index is 12.5. The number of aryl methyl sites for hydroxylation is 1. The summed E-state index contributed by atoms with van der Waals surface area (Å²) in [6, 6.07) is 20.6. The first kappa shape index (κ1) is 26.2. The quantitative estimate of drug-likeness (QED) is 0.231. The molecule has 1 heterocycles. The number of benzene rings is 3. The third-order valence-corrected chi connectivity index (χ3v) is 5.86. The van der Waals surface area contributed by atoms with Crippen molar-refractivity contribution in [2.24, 2.45) is 0 Å². The molecule has 3 aromatic carbocycles. The van der Waals surface area contributed by atoms with Gasteiger partial charge in [-0.1, -0.05) is 42.5 Å². The Labute approximate surface area is 221 Å². The van der Waals surface area contributed by atoms with Crippen LogP contribution >= 0.6 is 0 Å². The molecule has 8 heteroatoms. The van der Waals surface area contributed by atoms with Crippen molar-refractivity contribution in [1.29, 1.82) is 0 Å². The smallest absolute Gasteiger partial charge is 0.338 e. The molecular formula is C30H29N3O5. The average molecular weight is 512 g/mol. The third kappa shape index (κ3) is 6.67. The molecule has 0 bridgehead atoms. The fourth-order valence-electron chi connectivity index (χ4n) is 3.90. The highest BCUT2D eigenvalue weighted by molar-refractivity contribution is 6.01.